The van der Waals surface area contributed by atoms with Gasteiger partial charge in [0, 0.05) is 50.9 Å². The SMILES string of the molecule is C=CCOc1cccc(F)c1-c1nc(N2CCN(C)C[C@@H]2C)c2c(c1C)OC[C@H]1CN(C(=O)OC(C)(C)C)CCN1C2=O. The van der Waals surface area contributed by atoms with Crippen LogP contribution in [0.25, 0.3) is 11.3 Å². The number of anilines is 1. The van der Waals surface area contributed by atoms with Crippen molar-refractivity contribution in [3.63, 3.8) is 0 Å². The maximum Gasteiger partial charge on any atom is 0.410 e. The molecule has 0 spiro atoms. The summed E-state index contributed by atoms with van der Waals surface area (Å²) in [7, 11) is 2.06. The van der Waals surface area contributed by atoms with Crippen LogP contribution in [0.2, 0.25) is 0 Å². The van der Waals surface area contributed by atoms with Crippen molar-refractivity contribution < 1.29 is 28.2 Å². The number of likely N-dealkylation sites (N-methyl/N-ethyl adjacent to an activating group) is 1. The number of hydrogen-bond acceptors (Lipinski definition) is 8. The number of ether oxygens (including phenoxy) is 3. The molecular formula is C32H42FN5O5. The van der Waals surface area contributed by atoms with Gasteiger partial charge in [0.05, 0.1) is 17.3 Å². The van der Waals surface area contributed by atoms with Gasteiger partial charge in [-0.1, -0.05) is 18.7 Å². The van der Waals surface area contributed by atoms with E-state index in [4.69, 9.17) is 19.2 Å². The van der Waals surface area contributed by atoms with E-state index in [1.807, 2.05) is 20.8 Å². The Morgan fingerprint density at radius 2 is 1.91 bits per heavy atom. The molecule has 2 aromatic rings. The first kappa shape index (κ1) is 30.6. The van der Waals surface area contributed by atoms with Gasteiger partial charge < -0.3 is 33.8 Å². The topological polar surface area (TPSA) is 87.7 Å². The third-order valence-electron chi connectivity index (χ3n) is 8.06. The molecule has 1 aromatic carbocycles. The fraction of sp³-hybridized carbons (Fsp3) is 0.531. The van der Waals surface area contributed by atoms with Crippen molar-refractivity contribution in [2.75, 3.05) is 64.4 Å². The predicted molar refractivity (Wildman–Crippen MR) is 162 cm³/mol. The molecule has 0 unspecified atom stereocenters. The molecule has 10 nitrogen and oxygen atoms in total. The number of aromatic nitrogens is 1. The molecule has 0 saturated carbocycles. The average molecular weight is 596 g/mol. The first-order valence-electron chi connectivity index (χ1n) is 14.8. The highest BCUT2D eigenvalue weighted by Gasteiger charge is 2.42. The summed E-state index contributed by atoms with van der Waals surface area (Å²) in [5, 5.41) is 0. The van der Waals surface area contributed by atoms with E-state index in [0.29, 0.717) is 53.8 Å². The van der Waals surface area contributed by atoms with Crippen molar-refractivity contribution in [1.82, 2.24) is 19.7 Å². The number of benzene rings is 1. The number of rotatable bonds is 5. The summed E-state index contributed by atoms with van der Waals surface area (Å²) < 4.78 is 33.5. The summed E-state index contributed by atoms with van der Waals surface area (Å²) in [6, 6.07) is 4.32. The van der Waals surface area contributed by atoms with Crippen molar-refractivity contribution in [3.8, 4) is 22.8 Å². The molecule has 5 rings (SSSR count). The quantitative estimate of drug-likeness (QED) is 0.472. The molecule has 1 aromatic heterocycles. The zero-order valence-corrected chi connectivity index (χ0v) is 26.0. The van der Waals surface area contributed by atoms with Crippen molar-refractivity contribution in [2.45, 2.75) is 52.3 Å². The molecule has 3 aliphatic rings. The van der Waals surface area contributed by atoms with E-state index in [9.17, 15) is 9.59 Å². The fourth-order valence-electron chi connectivity index (χ4n) is 6.00. The minimum absolute atomic E-state index is 0.0406. The molecule has 2 amide bonds. The molecule has 2 fully saturated rings. The Kier molecular flexibility index (Phi) is 8.56. The standard InChI is InChI=1S/C32H42FN5O5/c1-8-16-41-24-11-9-10-23(33)25(24)27-21(3)28-26(29(34-27)37-14-12-35(7)17-20(37)2)30(39)38-15-13-36(18-22(38)19-42-28)31(40)43-32(4,5)6/h8-11,20,22H,1,12-19H2,2-7H3/t20-,22+/m0/s1. The van der Waals surface area contributed by atoms with Gasteiger partial charge in [0.2, 0.25) is 0 Å². The predicted octanol–water partition coefficient (Wildman–Crippen LogP) is 4.36. The Morgan fingerprint density at radius 3 is 2.60 bits per heavy atom. The number of piperazine rings is 2. The zero-order chi connectivity index (χ0) is 31.1. The van der Waals surface area contributed by atoms with Gasteiger partial charge in [-0.05, 0) is 53.8 Å². The molecule has 0 N–H and O–H groups in total. The molecule has 0 radical (unpaired) electrons. The number of nitrogens with zero attached hydrogens (tertiary/aromatic N) is 5. The lowest BCUT2D eigenvalue weighted by molar-refractivity contribution is 0.000934. The lowest BCUT2D eigenvalue weighted by Gasteiger charge is -2.41. The molecule has 11 heteroatoms. The lowest BCUT2D eigenvalue weighted by atomic mass is 9.99. The fourth-order valence-corrected chi connectivity index (χ4v) is 6.00. The summed E-state index contributed by atoms with van der Waals surface area (Å²) in [5.74, 6) is 0.487. The van der Waals surface area contributed by atoms with Gasteiger partial charge >= 0.3 is 6.09 Å². The number of carbonyl (C=O) groups is 2. The summed E-state index contributed by atoms with van der Waals surface area (Å²) in [5.41, 5.74) is 0.859. The van der Waals surface area contributed by atoms with E-state index >= 15 is 4.39 Å². The maximum absolute atomic E-state index is 15.6. The molecule has 0 bridgehead atoms. The van der Waals surface area contributed by atoms with Gasteiger partial charge in [-0.3, -0.25) is 4.79 Å². The first-order chi connectivity index (χ1) is 20.4. The Balaban J connectivity index is 1.61. The average Bonchev–Trinajstić information content (AvgIpc) is 3.08. The van der Waals surface area contributed by atoms with Crippen LogP contribution in [0.4, 0.5) is 15.0 Å². The highest BCUT2D eigenvalue weighted by molar-refractivity contribution is 6.04. The Labute approximate surface area is 253 Å². The van der Waals surface area contributed by atoms with Crippen molar-refractivity contribution >= 4 is 17.8 Å². The van der Waals surface area contributed by atoms with E-state index in [1.165, 1.54) is 6.07 Å². The first-order valence-corrected chi connectivity index (χ1v) is 14.8. The van der Waals surface area contributed by atoms with E-state index in [-0.39, 0.29) is 43.3 Å². The molecule has 3 aliphatic heterocycles. The van der Waals surface area contributed by atoms with Crippen LogP contribution in [0.15, 0.2) is 30.9 Å². The molecular weight excluding hydrogens is 553 g/mol. The Morgan fingerprint density at radius 1 is 1.16 bits per heavy atom. The number of halogens is 1. The largest absolute Gasteiger partial charge is 0.490 e. The van der Waals surface area contributed by atoms with Crippen LogP contribution in [0.1, 0.15) is 43.6 Å². The van der Waals surface area contributed by atoms with E-state index in [0.717, 1.165) is 13.1 Å². The van der Waals surface area contributed by atoms with Crippen molar-refractivity contribution in [2.24, 2.45) is 0 Å². The van der Waals surface area contributed by atoms with Crippen LogP contribution in [0, 0.1) is 12.7 Å². The second kappa shape index (κ2) is 12.0. The Hall–Kier alpha value is -3.86. The number of pyridine rings is 1. The molecule has 2 atom stereocenters. The molecule has 2 saturated heterocycles. The summed E-state index contributed by atoms with van der Waals surface area (Å²) in [6.07, 6.45) is 1.18. The van der Waals surface area contributed by atoms with Crippen LogP contribution in [0.3, 0.4) is 0 Å². The second-order valence-corrected chi connectivity index (χ2v) is 12.5. The molecule has 232 valence electrons. The van der Waals surface area contributed by atoms with E-state index in [2.05, 4.69) is 30.4 Å². The minimum Gasteiger partial charge on any atom is -0.490 e. The van der Waals surface area contributed by atoms with Gasteiger partial charge in [-0.2, -0.15) is 0 Å². The lowest BCUT2D eigenvalue weighted by Crippen LogP contribution is -2.58. The summed E-state index contributed by atoms with van der Waals surface area (Å²) in [6.45, 7) is 16.6. The van der Waals surface area contributed by atoms with Crippen molar-refractivity contribution in [1.29, 1.82) is 0 Å². The second-order valence-electron chi connectivity index (χ2n) is 12.5. The van der Waals surface area contributed by atoms with Crippen molar-refractivity contribution in [3.05, 3.63) is 47.8 Å². The highest BCUT2D eigenvalue weighted by atomic mass is 19.1. The monoisotopic (exact) mass is 595 g/mol. The smallest absolute Gasteiger partial charge is 0.410 e. The molecule has 43 heavy (non-hydrogen) atoms. The van der Waals surface area contributed by atoms with Gasteiger partial charge in [0.25, 0.3) is 5.91 Å². The third kappa shape index (κ3) is 6.13. The third-order valence-corrected chi connectivity index (χ3v) is 8.06. The van der Waals surface area contributed by atoms with Crippen LogP contribution in [0.5, 0.6) is 11.5 Å². The van der Waals surface area contributed by atoms with Crippen LogP contribution in [-0.2, 0) is 4.74 Å². The zero-order valence-electron chi connectivity index (χ0n) is 26.0. The summed E-state index contributed by atoms with van der Waals surface area (Å²) in [4.78, 5) is 40.1. The van der Waals surface area contributed by atoms with Gasteiger partial charge in [-0.25, -0.2) is 14.2 Å². The van der Waals surface area contributed by atoms with E-state index < -0.39 is 17.5 Å². The van der Waals surface area contributed by atoms with Gasteiger partial charge in [-0.15, -0.1) is 0 Å². The normalized spacial score (nSPS) is 21.0. The number of hydrogen-bond donors (Lipinski definition) is 0. The number of fused-ring (bicyclic) bond motifs is 2. The van der Waals surface area contributed by atoms with E-state index in [1.54, 1.807) is 34.9 Å². The number of carbonyl (C=O) groups excluding carboxylic acids is 2. The minimum atomic E-state index is -0.630. The van der Waals surface area contributed by atoms with Crippen LogP contribution >= 0.6 is 0 Å². The van der Waals surface area contributed by atoms with Crippen LogP contribution < -0.4 is 14.4 Å². The Bertz CT molecular complexity index is 1410. The van der Waals surface area contributed by atoms with Crippen LogP contribution in [-0.4, -0.2) is 109 Å². The maximum atomic E-state index is 15.6. The summed E-state index contributed by atoms with van der Waals surface area (Å²) >= 11 is 0. The van der Waals surface area contributed by atoms with Gasteiger partial charge in [0.1, 0.15) is 47.5 Å². The molecule has 0 aliphatic carbocycles. The number of amides is 2. The molecule has 4 heterocycles. The highest BCUT2D eigenvalue weighted by Crippen LogP contribution is 2.44. The van der Waals surface area contributed by atoms with Gasteiger partial charge in [0.15, 0.2) is 0 Å².